The van der Waals surface area contributed by atoms with Crippen LogP contribution in [0.25, 0.3) is 0 Å². The number of aliphatic imine (C=N–C) groups is 1. The second kappa shape index (κ2) is 11.0. The molecule has 0 N–H and O–H groups in total. The molecule has 1 aromatic carbocycles. The van der Waals surface area contributed by atoms with Gasteiger partial charge in [-0.1, -0.05) is 18.2 Å². The van der Waals surface area contributed by atoms with Crippen LogP contribution >= 0.6 is 11.3 Å². The Kier molecular flexibility index (Phi) is 7.87. The molecule has 0 saturated carbocycles. The summed E-state index contributed by atoms with van der Waals surface area (Å²) in [5.41, 5.74) is 2.10. The molecule has 0 bridgehead atoms. The molecule has 2 atom stereocenters. The zero-order chi connectivity index (χ0) is 24.9. The van der Waals surface area contributed by atoms with Crippen LogP contribution in [-0.2, 0) is 25.6 Å². The van der Waals surface area contributed by atoms with E-state index in [0.717, 1.165) is 6.54 Å². The van der Waals surface area contributed by atoms with Gasteiger partial charge in [0.15, 0.2) is 11.5 Å². The van der Waals surface area contributed by atoms with Crippen LogP contribution in [0, 0.1) is 5.92 Å². The van der Waals surface area contributed by atoms with Gasteiger partial charge in [-0.25, -0.2) is 4.79 Å². The summed E-state index contributed by atoms with van der Waals surface area (Å²) in [7, 11) is 1.98. The monoisotopic (exact) mass is 498 g/mol. The van der Waals surface area contributed by atoms with Crippen molar-refractivity contribution in [3.8, 4) is 11.5 Å². The molecular weight excluding hydrogens is 468 g/mol. The van der Waals surface area contributed by atoms with Crippen molar-refractivity contribution < 1.29 is 28.5 Å². The second-order valence-corrected chi connectivity index (χ2v) is 9.53. The van der Waals surface area contributed by atoms with Gasteiger partial charge in [0.25, 0.3) is 0 Å². The van der Waals surface area contributed by atoms with Crippen LogP contribution in [0.1, 0.15) is 37.1 Å². The predicted octanol–water partition coefficient (Wildman–Crippen LogP) is 4.16. The first kappa shape index (κ1) is 24.9. The average Bonchev–Trinajstić information content (AvgIpc) is 3.50. The molecule has 35 heavy (non-hydrogen) atoms. The van der Waals surface area contributed by atoms with E-state index in [4.69, 9.17) is 18.9 Å². The summed E-state index contributed by atoms with van der Waals surface area (Å²) in [6.07, 6.45) is 0. The number of hydrogen-bond donors (Lipinski definition) is 0. The molecule has 0 saturated heterocycles. The number of thiophene rings is 1. The minimum Gasteiger partial charge on any atom is -0.465 e. The quantitative estimate of drug-likeness (QED) is 0.480. The van der Waals surface area contributed by atoms with Gasteiger partial charge >= 0.3 is 11.9 Å². The summed E-state index contributed by atoms with van der Waals surface area (Å²) < 4.78 is 22.4. The first-order chi connectivity index (χ1) is 16.9. The van der Waals surface area contributed by atoms with Crippen molar-refractivity contribution in [2.75, 3.05) is 33.6 Å². The molecule has 2 aliphatic rings. The van der Waals surface area contributed by atoms with E-state index >= 15 is 0 Å². The van der Waals surface area contributed by atoms with Crippen LogP contribution in [0.3, 0.4) is 0 Å². The largest absolute Gasteiger partial charge is 0.465 e. The Morgan fingerprint density at radius 1 is 1.17 bits per heavy atom. The van der Waals surface area contributed by atoms with E-state index in [1.165, 1.54) is 4.88 Å². The Balaban J connectivity index is 1.60. The molecule has 4 rings (SSSR count). The highest BCUT2D eigenvalue weighted by molar-refractivity contribution is 7.09. The first-order valence-corrected chi connectivity index (χ1v) is 12.5. The molecular formula is C26H30N2O6S. The summed E-state index contributed by atoms with van der Waals surface area (Å²) in [5.74, 6) is -1.29. The number of carbonyl (C=O) groups is 2. The SMILES string of the molecule is CCOC(=O)C1C(C)=NC(C)=C(C(=O)OCCN(C)Cc2cccs2)C1c1cccc2c1OCO2. The lowest BCUT2D eigenvalue weighted by Gasteiger charge is -2.32. The molecule has 0 radical (unpaired) electrons. The van der Waals surface area contributed by atoms with E-state index in [2.05, 4.69) is 16.0 Å². The molecule has 0 aliphatic carbocycles. The van der Waals surface area contributed by atoms with E-state index in [9.17, 15) is 9.59 Å². The van der Waals surface area contributed by atoms with Crippen LogP contribution in [0.2, 0.25) is 0 Å². The third-order valence-corrected chi connectivity index (χ3v) is 6.92. The number of para-hydroxylation sites is 1. The molecule has 2 unspecified atom stereocenters. The first-order valence-electron chi connectivity index (χ1n) is 11.6. The minimum atomic E-state index is -0.779. The van der Waals surface area contributed by atoms with Crippen molar-refractivity contribution >= 4 is 29.0 Å². The Morgan fingerprint density at radius 3 is 2.74 bits per heavy atom. The highest BCUT2D eigenvalue weighted by Crippen LogP contribution is 2.47. The maximum Gasteiger partial charge on any atom is 0.336 e. The number of rotatable bonds is 9. The van der Waals surface area contributed by atoms with Crippen molar-refractivity contribution in [1.82, 2.24) is 4.90 Å². The fourth-order valence-corrected chi connectivity index (χ4v) is 5.28. The molecule has 2 aromatic rings. The Hall–Kier alpha value is -3.17. The Morgan fingerprint density at radius 2 is 2.00 bits per heavy atom. The normalized spacial score (nSPS) is 19.1. The van der Waals surface area contributed by atoms with Crippen LogP contribution < -0.4 is 9.47 Å². The summed E-state index contributed by atoms with van der Waals surface area (Å²) in [6.45, 7) is 7.16. The lowest BCUT2D eigenvalue weighted by atomic mass is 9.75. The number of ether oxygens (including phenoxy) is 4. The molecule has 0 spiro atoms. The number of nitrogens with zero attached hydrogens (tertiary/aromatic N) is 2. The number of allylic oxidation sites excluding steroid dienone is 1. The predicted molar refractivity (Wildman–Crippen MR) is 133 cm³/mol. The van der Waals surface area contributed by atoms with E-state index in [1.54, 1.807) is 38.2 Å². The van der Waals surface area contributed by atoms with Gasteiger partial charge in [-0.2, -0.15) is 0 Å². The lowest BCUT2D eigenvalue weighted by molar-refractivity contribution is -0.146. The van der Waals surface area contributed by atoms with Crippen molar-refractivity contribution in [1.29, 1.82) is 0 Å². The van der Waals surface area contributed by atoms with Gasteiger partial charge in [-0.05, 0) is 45.3 Å². The highest BCUT2D eigenvalue weighted by atomic mass is 32.1. The summed E-state index contributed by atoms with van der Waals surface area (Å²) in [6, 6.07) is 9.56. The maximum absolute atomic E-state index is 13.4. The third kappa shape index (κ3) is 5.41. The maximum atomic E-state index is 13.4. The molecule has 9 heteroatoms. The second-order valence-electron chi connectivity index (χ2n) is 8.49. The molecule has 1 aromatic heterocycles. The Bertz CT molecular complexity index is 1140. The van der Waals surface area contributed by atoms with Crippen molar-refractivity contribution in [3.05, 3.63) is 57.4 Å². The average molecular weight is 499 g/mol. The zero-order valence-electron chi connectivity index (χ0n) is 20.4. The molecule has 8 nitrogen and oxygen atoms in total. The lowest BCUT2D eigenvalue weighted by Crippen LogP contribution is -2.37. The van der Waals surface area contributed by atoms with Gasteiger partial charge in [-0.3, -0.25) is 14.7 Å². The fraction of sp³-hybridized carbons (Fsp3) is 0.423. The van der Waals surface area contributed by atoms with E-state index in [1.807, 2.05) is 30.6 Å². The fourth-order valence-electron chi connectivity index (χ4n) is 4.49. The molecule has 186 valence electrons. The smallest absolute Gasteiger partial charge is 0.336 e. The van der Waals surface area contributed by atoms with Crippen molar-refractivity contribution in [2.24, 2.45) is 10.9 Å². The number of fused-ring (bicyclic) bond motifs is 1. The standard InChI is InChI=1S/C26H30N2O6S/c1-5-31-25(29)21-16(2)27-17(3)22(23(21)19-9-6-10-20-24(19)34-15-33-20)26(30)32-12-11-28(4)14-18-8-7-13-35-18/h6-10,13,21,23H,5,11-12,14-15H2,1-4H3. The number of benzene rings is 1. The van der Waals surface area contributed by atoms with E-state index in [0.29, 0.717) is 40.6 Å². The van der Waals surface area contributed by atoms with Gasteiger partial charge in [0.05, 0.1) is 12.2 Å². The van der Waals surface area contributed by atoms with Crippen molar-refractivity contribution in [3.63, 3.8) is 0 Å². The number of hydrogen-bond acceptors (Lipinski definition) is 9. The van der Waals surface area contributed by atoms with Crippen LogP contribution in [0.5, 0.6) is 11.5 Å². The van der Waals surface area contributed by atoms with Gasteiger partial charge in [-0.15, -0.1) is 11.3 Å². The van der Waals surface area contributed by atoms with E-state index < -0.39 is 23.8 Å². The minimum absolute atomic E-state index is 0.0786. The van der Waals surface area contributed by atoms with Gasteiger partial charge in [0.1, 0.15) is 12.5 Å². The van der Waals surface area contributed by atoms with Gasteiger partial charge in [0.2, 0.25) is 6.79 Å². The van der Waals surface area contributed by atoms with E-state index in [-0.39, 0.29) is 20.0 Å². The molecule has 0 amide bonds. The van der Waals surface area contributed by atoms with Crippen LogP contribution in [0.4, 0.5) is 0 Å². The zero-order valence-corrected chi connectivity index (χ0v) is 21.2. The summed E-state index contributed by atoms with van der Waals surface area (Å²) in [4.78, 5) is 34.4. The van der Waals surface area contributed by atoms with Gasteiger partial charge < -0.3 is 18.9 Å². The summed E-state index contributed by atoms with van der Waals surface area (Å²) >= 11 is 1.69. The van der Waals surface area contributed by atoms with Gasteiger partial charge in [0, 0.05) is 40.9 Å². The van der Waals surface area contributed by atoms with Crippen molar-refractivity contribution in [2.45, 2.75) is 33.2 Å². The number of esters is 2. The van der Waals surface area contributed by atoms with Crippen LogP contribution in [0.15, 0.2) is 52.0 Å². The molecule has 3 heterocycles. The molecule has 2 aliphatic heterocycles. The topological polar surface area (TPSA) is 86.7 Å². The third-order valence-electron chi connectivity index (χ3n) is 6.06. The Labute approximate surface area is 209 Å². The van der Waals surface area contributed by atoms with Crippen LogP contribution in [-0.4, -0.2) is 56.1 Å². The summed E-state index contributed by atoms with van der Waals surface area (Å²) in [5, 5.41) is 2.04. The number of carbonyl (C=O) groups excluding carboxylic acids is 2. The highest BCUT2D eigenvalue weighted by Gasteiger charge is 2.44. The molecule has 0 fully saturated rings. The number of likely N-dealkylation sites (N-methyl/N-ethyl adjacent to an activating group) is 1.